The average molecular weight is 353 g/mol. The van der Waals surface area contributed by atoms with E-state index < -0.39 is 11.7 Å². The molecule has 0 fully saturated rings. The summed E-state index contributed by atoms with van der Waals surface area (Å²) in [6, 6.07) is 5.37. The zero-order valence-electron chi connectivity index (χ0n) is 14.2. The summed E-state index contributed by atoms with van der Waals surface area (Å²) in [4.78, 5) is 37.6. The van der Waals surface area contributed by atoms with Gasteiger partial charge in [0.1, 0.15) is 18.1 Å². The number of halogens is 1. The van der Waals surface area contributed by atoms with Crippen LogP contribution in [0.15, 0.2) is 47.7 Å². The van der Waals surface area contributed by atoms with E-state index in [-0.39, 0.29) is 17.9 Å². The monoisotopic (exact) mass is 353 g/mol. The Morgan fingerprint density at radius 3 is 2.58 bits per heavy atom. The highest BCUT2D eigenvalue weighted by Crippen LogP contribution is 2.14. The summed E-state index contributed by atoms with van der Waals surface area (Å²) >= 11 is 0. The fourth-order valence-corrected chi connectivity index (χ4v) is 2.39. The van der Waals surface area contributed by atoms with Crippen LogP contribution in [0.4, 0.5) is 10.1 Å². The maximum atomic E-state index is 13.0. The van der Waals surface area contributed by atoms with Gasteiger partial charge < -0.3 is 5.32 Å². The van der Waals surface area contributed by atoms with Gasteiger partial charge >= 0.3 is 0 Å². The number of carbonyl (C=O) groups excluding carboxylic acids is 1. The summed E-state index contributed by atoms with van der Waals surface area (Å²) in [5, 5.41) is 2.63. The Bertz CT molecular complexity index is 1000. The molecule has 1 amide bonds. The number of nitrogens with one attached hydrogen (secondary N) is 1. The van der Waals surface area contributed by atoms with Gasteiger partial charge in [-0.2, -0.15) is 0 Å². The van der Waals surface area contributed by atoms with Crippen molar-refractivity contribution in [2.75, 3.05) is 5.32 Å². The largest absolute Gasteiger partial charge is 0.325 e. The van der Waals surface area contributed by atoms with Crippen LogP contribution in [-0.2, 0) is 11.3 Å². The maximum Gasteiger partial charge on any atom is 0.257 e. The van der Waals surface area contributed by atoms with Crippen molar-refractivity contribution in [3.05, 3.63) is 70.3 Å². The molecule has 0 radical (unpaired) electrons. The third-order valence-electron chi connectivity index (χ3n) is 3.86. The van der Waals surface area contributed by atoms with Crippen LogP contribution in [0.25, 0.3) is 11.5 Å². The normalized spacial score (nSPS) is 10.6. The van der Waals surface area contributed by atoms with Crippen molar-refractivity contribution in [2.45, 2.75) is 20.4 Å². The van der Waals surface area contributed by atoms with Crippen molar-refractivity contribution < 1.29 is 9.18 Å². The highest BCUT2D eigenvalue weighted by Gasteiger charge is 2.16. The van der Waals surface area contributed by atoms with Crippen molar-refractivity contribution in [1.29, 1.82) is 0 Å². The third-order valence-corrected chi connectivity index (χ3v) is 3.86. The summed E-state index contributed by atoms with van der Waals surface area (Å²) < 4.78 is 14.2. The van der Waals surface area contributed by atoms with Crippen LogP contribution in [0.5, 0.6) is 0 Å². The number of anilines is 1. The number of hydrogen-bond acceptors (Lipinski definition) is 5. The Morgan fingerprint density at radius 2 is 1.92 bits per heavy atom. The number of carbonyl (C=O) groups is 1. The molecule has 2 heterocycles. The van der Waals surface area contributed by atoms with E-state index in [2.05, 4.69) is 20.3 Å². The molecule has 0 saturated carbocycles. The van der Waals surface area contributed by atoms with E-state index >= 15 is 0 Å². The second kappa shape index (κ2) is 7.22. The number of nitrogens with zero attached hydrogens (tertiary/aromatic N) is 4. The molecule has 3 rings (SSSR count). The van der Waals surface area contributed by atoms with Crippen molar-refractivity contribution in [1.82, 2.24) is 19.5 Å². The molecular formula is C18H16FN5O2. The van der Waals surface area contributed by atoms with Gasteiger partial charge in [-0.15, -0.1) is 0 Å². The molecule has 0 saturated heterocycles. The summed E-state index contributed by atoms with van der Waals surface area (Å²) in [5.41, 5.74) is 1.51. The molecule has 0 aliphatic carbocycles. The van der Waals surface area contributed by atoms with Gasteiger partial charge in [-0.3, -0.25) is 19.1 Å². The van der Waals surface area contributed by atoms with Crippen molar-refractivity contribution in [2.24, 2.45) is 0 Å². The Labute approximate surface area is 148 Å². The molecule has 0 bridgehead atoms. The zero-order chi connectivity index (χ0) is 18.7. The fourth-order valence-electron chi connectivity index (χ4n) is 2.39. The van der Waals surface area contributed by atoms with Crippen LogP contribution >= 0.6 is 0 Å². The molecule has 3 aromatic rings. The molecule has 1 N–H and O–H groups in total. The Hall–Kier alpha value is -3.42. The van der Waals surface area contributed by atoms with Crippen LogP contribution in [0.1, 0.15) is 11.3 Å². The number of rotatable bonds is 4. The summed E-state index contributed by atoms with van der Waals surface area (Å²) in [6.45, 7) is 3.12. The first kappa shape index (κ1) is 17.4. The first-order valence-electron chi connectivity index (χ1n) is 7.85. The van der Waals surface area contributed by atoms with E-state index in [0.29, 0.717) is 22.6 Å². The zero-order valence-corrected chi connectivity index (χ0v) is 14.2. The third kappa shape index (κ3) is 3.64. The number of aryl methyl sites for hydroxylation is 1. The molecule has 0 aliphatic rings. The minimum absolute atomic E-state index is 0.254. The maximum absolute atomic E-state index is 13.0. The highest BCUT2D eigenvalue weighted by molar-refractivity contribution is 5.90. The van der Waals surface area contributed by atoms with Gasteiger partial charge in [0.15, 0.2) is 5.82 Å². The molecule has 8 heteroatoms. The van der Waals surface area contributed by atoms with Crippen LogP contribution in [0.3, 0.4) is 0 Å². The molecule has 0 spiro atoms. The van der Waals surface area contributed by atoms with E-state index in [1.54, 1.807) is 13.8 Å². The lowest BCUT2D eigenvalue weighted by molar-refractivity contribution is -0.116. The van der Waals surface area contributed by atoms with Crippen LogP contribution < -0.4 is 10.9 Å². The van der Waals surface area contributed by atoms with Gasteiger partial charge in [0.05, 0.1) is 6.20 Å². The number of aromatic nitrogens is 4. The predicted molar refractivity (Wildman–Crippen MR) is 94.0 cm³/mol. The molecule has 132 valence electrons. The average Bonchev–Trinajstić information content (AvgIpc) is 2.64. The van der Waals surface area contributed by atoms with E-state index in [4.69, 9.17) is 0 Å². The van der Waals surface area contributed by atoms with Gasteiger partial charge in [0.25, 0.3) is 5.56 Å². The Balaban J connectivity index is 1.96. The molecule has 26 heavy (non-hydrogen) atoms. The van der Waals surface area contributed by atoms with E-state index in [1.807, 2.05) is 0 Å². The summed E-state index contributed by atoms with van der Waals surface area (Å²) in [5.74, 6) is -0.572. The fraction of sp³-hybridized carbons (Fsp3) is 0.167. The number of benzene rings is 1. The summed E-state index contributed by atoms with van der Waals surface area (Å²) in [6.07, 6.45) is 4.47. The van der Waals surface area contributed by atoms with Crippen molar-refractivity contribution in [3.63, 3.8) is 0 Å². The van der Waals surface area contributed by atoms with Crippen molar-refractivity contribution in [3.8, 4) is 11.5 Å². The van der Waals surface area contributed by atoms with Crippen molar-refractivity contribution >= 4 is 11.6 Å². The van der Waals surface area contributed by atoms with E-state index in [1.165, 1.54) is 47.4 Å². The first-order chi connectivity index (χ1) is 12.5. The SMILES string of the molecule is Cc1nc(-c2cnccn2)n(CC(=O)Nc2ccc(F)cc2)c(=O)c1C. The second-order valence-corrected chi connectivity index (χ2v) is 5.68. The summed E-state index contributed by atoms with van der Waals surface area (Å²) in [7, 11) is 0. The lowest BCUT2D eigenvalue weighted by Gasteiger charge is -2.14. The standard InChI is InChI=1S/C18H16FN5O2/c1-11-12(2)22-17(15-9-20-7-8-21-15)24(18(11)26)10-16(25)23-14-5-3-13(19)4-6-14/h3-9H,10H2,1-2H3,(H,23,25). The lowest BCUT2D eigenvalue weighted by atomic mass is 10.2. The van der Waals surface area contributed by atoms with Gasteiger partial charge in [-0.05, 0) is 38.1 Å². The molecule has 0 unspecified atom stereocenters. The van der Waals surface area contributed by atoms with Gasteiger partial charge in [0.2, 0.25) is 5.91 Å². The van der Waals surface area contributed by atoms with Gasteiger partial charge in [0, 0.05) is 29.3 Å². The first-order valence-corrected chi connectivity index (χ1v) is 7.85. The number of hydrogen-bond donors (Lipinski definition) is 1. The highest BCUT2D eigenvalue weighted by atomic mass is 19.1. The molecular weight excluding hydrogens is 337 g/mol. The number of amides is 1. The Morgan fingerprint density at radius 1 is 1.19 bits per heavy atom. The molecule has 1 aromatic carbocycles. The van der Waals surface area contributed by atoms with Crippen LogP contribution in [0.2, 0.25) is 0 Å². The smallest absolute Gasteiger partial charge is 0.257 e. The molecule has 0 aliphatic heterocycles. The second-order valence-electron chi connectivity index (χ2n) is 5.68. The predicted octanol–water partition coefficient (Wildman–Crippen LogP) is 2.09. The molecule has 2 aromatic heterocycles. The minimum Gasteiger partial charge on any atom is -0.325 e. The minimum atomic E-state index is -0.436. The van der Waals surface area contributed by atoms with E-state index in [0.717, 1.165) is 0 Å². The molecule has 7 nitrogen and oxygen atoms in total. The molecule has 0 atom stereocenters. The van der Waals surface area contributed by atoms with Gasteiger partial charge in [-0.25, -0.2) is 14.4 Å². The van der Waals surface area contributed by atoms with E-state index in [9.17, 15) is 14.0 Å². The lowest BCUT2D eigenvalue weighted by Crippen LogP contribution is -2.32. The Kier molecular flexibility index (Phi) is 4.83. The van der Waals surface area contributed by atoms with Crippen LogP contribution in [0, 0.1) is 19.7 Å². The quantitative estimate of drug-likeness (QED) is 0.776. The topological polar surface area (TPSA) is 89.8 Å². The van der Waals surface area contributed by atoms with Gasteiger partial charge in [-0.1, -0.05) is 0 Å². The van der Waals surface area contributed by atoms with Crippen LogP contribution in [-0.4, -0.2) is 25.4 Å².